The molecule has 0 saturated heterocycles. The standard InChI is InChI=1S/C12H15ClO/c1-3-4-5-8-14-12-9-11(13)7-6-10(12)2/h3,6-7,9H,1,4-5,8H2,2H3. The van der Waals surface area contributed by atoms with E-state index in [9.17, 15) is 0 Å². The summed E-state index contributed by atoms with van der Waals surface area (Å²) >= 11 is 5.86. The Labute approximate surface area is 90.3 Å². The highest BCUT2D eigenvalue weighted by Gasteiger charge is 1.99. The van der Waals surface area contributed by atoms with Crippen LogP contribution in [0, 0.1) is 6.92 Å². The van der Waals surface area contributed by atoms with Gasteiger partial charge in [0.1, 0.15) is 5.75 Å². The third-order valence-electron chi connectivity index (χ3n) is 1.96. The van der Waals surface area contributed by atoms with E-state index in [1.165, 1.54) is 0 Å². The van der Waals surface area contributed by atoms with Gasteiger partial charge in [-0.3, -0.25) is 0 Å². The molecule has 1 rings (SSSR count). The number of unbranched alkanes of at least 4 members (excludes halogenated alkanes) is 1. The molecule has 0 radical (unpaired) electrons. The van der Waals surface area contributed by atoms with Gasteiger partial charge in [0.05, 0.1) is 6.61 Å². The fourth-order valence-electron chi connectivity index (χ4n) is 1.14. The molecule has 1 nitrogen and oxygen atoms in total. The van der Waals surface area contributed by atoms with E-state index in [0.29, 0.717) is 11.6 Å². The normalized spacial score (nSPS) is 9.86. The molecule has 76 valence electrons. The minimum absolute atomic E-state index is 0.715. The zero-order valence-corrected chi connectivity index (χ0v) is 9.18. The minimum Gasteiger partial charge on any atom is -0.493 e. The molecule has 0 bridgehead atoms. The summed E-state index contributed by atoms with van der Waals surface area (Å²) < 4.78 is 5.59. The highest BCUT2D eigenvalue weighted by molar-refractivity contribution is 6.30. The molecule has 0 unspecified atom stereocenters. The molecule has 0 aliphatic rings. The lowest BCUT2D eigenvalue weighted by atomic mass is 10.2. The van der Waals surface area contributed by atoms with Gasteiger partial charge in [-0.1, -0.05) is 23.7 Å². The number of ether oxygens (including phenoxy) is 1. The van der Waals surface area contributed by atoms with Crippen LogP contribution in [-0.2, 0) is 0 Å². The van der Waals surface area contributed by atoms with Crippen LogP contribution in [0.15, 0.2) is 30.9 Å². The van der Waals surface area contributed by atoms with E-state index in [0.717, 1.165) is 24.2 Å². The zero-order valence-electron chi connectivity index (χ0n) is 8.42. The molecule has 1 aromatic rings. The Hall–Kier alpha value is -0.950. The van der Waals surface area contributed by atoms with Crippen LogP contribution in [0.4, 0.5) is 0 Å². The Morgan fingerprint density at radius 3 is 3.00 bits per heavy atom. The van der Waals surface area contributed by atoms with Crippen LogP contribution in [0.3, 0.4) is 0 Å². The highest BCUT2D eigenvalue weighted by atomic mass is 35.5. The first kappa shape index (κ1) is 11.1. The molecule has 0 N–H and O–H groups in total. The van der Waals surface area contributed by atoms with Crippen LogP contribution in [-0.4, -0.2) is 6.61 Å². The lowest BCUT2D eigenvalue weighted by Crippen LogP contribution is -1.98. The van der Waals surface area contributed by atoms with Crippen LogP contribution in [0.1, 0.15) is 18.4 Å². The van der Waals surface area contributed by atoms with Gasteiger partial charge in [-0.2, -0.15) is 0 Å². The lowest BCUT2D eigenvalue weighted by molar-refractivity contribution is 0.310. The van der Waals surface area contributed by atoms with Crippen molar-refractivity contribution in [1.29, 1.82) is 0 Å². The first-order chi connectivity index (χ1) is 6.74. The van der Waals surface area contributed by atoms with E-state index >= 15 is 0 Å². The molecule has 0 saturated carbocycles. The van der Waals surface area contributed by atoms with E-state index in [2.05, 4.69) is 6.58 Å². The van der Waals surface area contributed by atoms with Crippen molar-refractivity contribution in [2.24, 2.45) is 0 Å². The van der Waals surface area contributed by atoms with Gasteiger partial charge in [0.2, 0.25) is 0 Å². The maximum Gasteiger partial charge on any atom is 0.123 e. The second-order valence-corrected chi connectivity index (χ2v) is 3.63. The SMILES string of the molecule is C=CCCCOc1cc(Cl)ccc1C. The summed E-state index contributed by atoms with van der Waals surface area (Å²) in [6.45, 7) is 6.39. The van der Waals surface area contributed by atoms with Crippen LogP contribution < -0.4 is 4.74 Å². The predicted octanol–water partition coefficient (Wildman–Crippen LogP) is 3.99. The smallest absolute Gasteiger partial charge is 0.123 e. The van der Waals surface area contributed by atoms with Gasteiger partial charge in [-0.15, -0.1) is 6.58 Å². The van der Waals surface area contributed by atoms with Gasteiger partial charge in [0.25, 0.3) is 0 Å². The predicted molar refractivity (Wildman–Crippen MR) is 61.1 cm³/mol. The Bertz CT molecular complexity index is 307. The number of allylic oxidation sites excluding steroid dienone is 1. The molecule has 0 heterocycles. The van der Waals surface area contributed by atoms with Crippen LogP contribution in [0.2, 0.25) is 5.02 Å². The van der Waals surface area contributed by atoms with Gasteiger partial charge in [0, 0.05) is 5.02 Å². The van der Waals surface area contributed by atoms with Crippen molar-refractivity contribution in [3.05, 3.63) is 41.4 Å². The molecule has 0 fully saturated rings. The molecule has 0 atom stereocenters. The van der Waals surface area contributed by atoms with Crippen molar-refractivity contribution in [2.75, 3.05) is 6.61 Å². The van der Waals surface area contributed by atoms with E-state index in [1.807, 2.05) is 31.2 Å². The topological polar surface area (TPSA) is 9.23 Å². The Balaban J connectivity index is 2.49. The van der Waals surface area contributed by atoms with Crippen LogP contribution in [0.5, 0.6) is 5.75 Å². The average molecular weight is 211 g/mol. The summed E-state index contributed by atoms with van der Waals surface area (Å²) in [4.78, 5) is 0. The van der Waals surface area contributed by atoms with Crippen molar-refractivity contribution in [1.82, 2.24) is 0 Å². The van der Waals surface area contributed by atoms with E-state index in [1.54, 1.807) is 0 Å². The molecule has 1 aromatic carbocycles. The van der Waals surface area contributed by atoms with Gasteiger partial charge in [0.15, 0.2) is 0 Å². The quantitative estimate of drug-likeness (QED) is 0.528. The molecule has 0 aromatic heterocycles. The summed E-state index contributed by atoms with van der Waals surface area (Å²) in [5, 5.41) is 0.717. The molecule has 0 amide bonds. The van der Waals surface area contributed by atoms with Crippen molar-refractivity contribution in [2.45, 2.75) is 19.8 Å². The van der Waals surface area contributed by atoms with Crippen LogP contribution in [0.25, 0.3) is 0 Å². The van der Waals surface area contributed by atoms with E-state index < -0.39 is 0 Å². The van der Waals surface area contributed by atoms with E-state index in [4.69, 9.17) is 16.3 Å². The molecule has 0 aliphatic carbocycles. The number of benzene rings is 1. The Kier molecular flexibility index (Phi) is 4.54. The summed E-state index contributed by atoms with van der Waals surface area (Å²) in [6.07, 6.45) is 3.88. The largest absolute Gasteiger partial charge is 0.493 e. The third kappa shape index (κ3) is 3.43. The van der Waals surface area contributed by atoms with Crippen molar-refractivity contribution < 1.29 is 4.74 Å². The molecule has 2 heteroatoms. The maximum atomic E-state index is 5.86. The maximum absolute atomic E-state index is 5.86. The number of halogens is 1. The fraction of sp³-hybridized carbons (Fsp3) is 0.333. The first-order valence-electron chi connectivity index (χ1n) is 4.74. The lowest BCUT2D eigenvalue weighted by Gasteiger charge is -2.08. The van der Waals surface area contributed by atoms with Crippen LogP contribution >= 0.6 is 11.6 Å². The number of aryl methyl sites for hydroxylation is 1. The molecule has 14 heavy (non-hydrogen) atoms. The minimum atomic E-state index is 0.715. The summed E-state index contributed by atoms with van der Waals surface area (Å²) in [7, 11) is 0. The van der Waals surface area contributed by atoms with Gasteiger partial charge >= 0.3 is 0 Å². The third-order valence-corrected chi connectivity index (χ3v) is 2.20. The molecule has 0 spiro atoms. The second kappa shape index (κ2) is 5.71. The Morgan fingerprint density at radius 2 is 2.29 bits per heavy atom. The zero-order chi connectivity index (χ0) is 10.4. The first-order valence-corrected chi connectivity index (χ1v) is 5.11. The summed E-state index contributed by atoms with van der Waals surface area (Å²) in [6, 6.07) is 5.68. The van der Waals surface area contributed by atoms with Gasteiger partial charge < -0.3 is 4.74 Å². The average Bonchev–Trinajstić information content (AvgIpc) is 2.18. The van der Waals surface area contributed by atoms with Crippen molar-refractivity contribution in [3.8, 4) is 5.75 Å². The number of hydrogen-bond acceptors (Lipinski definition) is 1. The Morgan fingerprint density at radius 1 is 1.50 bits per heavy atom. The van der Waals surface area contributed by atoms with Crippen molar-refractivity contribution >= 4 is 11.6 Å². The van der Waals surface area contributed by atoms with Crippen molar-refractivity contribution in [3.63, 3.8) is 0 Å². The molecular weight excluding hydrogens is 196 g/mol. The van der Waals surface area contributed by atoms with E-state index in [-0.39, 0.29) is 0 Å². The molecular formula is C12H15ClO. The highest BCUT2D eigenvalue weighted by Crippen LogP contribution is 2.22. The van der Waals surface area contributed by atoms with Gasteiger partial charge in [-0.25, -0.2) is 0 Å². The number of hydrogen-bond donors (Lipinski definition) is 0. The fourth-order valence-corrected chi connectivity index (χ4v) is 1.30. The van der Waals surface area contributed by atoms with Gasteiger partial charge in [-0.05, 0) is 37.5 Å². The monoisotopic (exact) mass is 210 g/mol. The molecule has 0 aliphatic heterocycles. The second-order valence-electron chi connectivity index (χ2n) is 3.19. The summed E-state index contributed by atoms with van der Waals surface area (Å²) in [5.41, 5.74) is 1.12. The number of rotatable bonds is 5. The summed E-state index contributed by atoms with van der Waals surface area (Å²) in [5.74, 6) is 0.876.